The Morgan fingerprint density at radius 2 is 1.57 bits per heavy atom. The van der Waals surface area contributed by atoms with Crippen LogP contribution in [0.1, 0.15) is 5.56 Å². The molecule has 2 rings (SSSR count). The Bertz CT molecular complexity index is 962. The van der Waals surface area contributed by atoms with Crippen molar-refractivity contribution < 1.29 is 31.0 Å². The van der Waals surface area contributed by atoms with E-state index >= 15 is 0 Å². The molecule has 0 aliphatic carbocycles. The lowest BCUT2D eigenvalue weighted by atomic mass is 10.0. The van der Waals surface area contributed by atoms with Gasteiger partial charge in [0.25, 0.3) is 20.2 Å². The van der Waals surface area contributed by atoms with Gasteiger partial charge in [-0.1, -0.05) is 0 Å². The summed E-state index contributed by atoms with van der Waals surface area (Å²) in [4.78, 5) is -1.14. The third-order valence-electron chi connectivity index (χ3n) is 3.00. The van der Waals surface area contributed by atoms with Crippen molar-refractivity contribution in [2.75, 3.05) is 5.73 Å². The predicted octanol–water partition coefficient (Wildman–Crippen LogP) is 0.929. The minimum Gasteiger partial charge on any atom is -0.507 e. The predicted molar refractivity (Wildman–Crippen MR) is 74.4 cm³/mol. The molecule has 2 aromatic rings. The number of nitrogens with two attached hydrogens (primary N) is 1. The maximum Gasteiger partial charge on any atom is 0.294 e. The van der Waals surface area contributed by atoms with Crippen LogP contribution in [0.4, 0.5) is 5.69 Å². The Labute approximate surface area is 120 Å². The molecule has 10 heteroatoms. The fourth-order valence-electron chi connectivity index (χ4n) is 2.02. The summed E-state index contributed by atoms with van der Waals surface area (Å²) >= 11 is 0. The van der Waals surface area contributed by atoms with E-state index in [0.717, 1.165) is 18.2 Å². The number of phenols is 1. The van der Waals surface area contributed by atoms with Gasteiger partial charge >= 0.3 is 0 Å². The van der Waals surface area contributed by atoms with Crippen molar-refractivity contribution >= 4 is 36.7 Å². The Kier molecular flexibility index (Phi) is 3.37. The van der Waals surface area contributed by atoms with Crippen molar-refractivity contribution in [3.05, 3.63) is 23.8 Å². The number of hydrogen-bond donors (Lipinski definition) is 4. The minimum absolute atomic E-state index is 0.0206. The lowest BCUT2D eigenvalue weighted by Gasteiger charge is -2.12. The molecule has 0 aliphatic heterocycles. The van der Waals surface area contributed by atoms with Crippen LogP contribution in [-0.4, -0.2) is 31.0 Å². The molecule has 0 unspecified atom stereocenters. The number of rotatable bonds is 2. The molecule has 2 aromatic carbocycles. The van der Waals surface area contributed by atoms with Crippen LogP contribution in [0.25, 0.3) is 10.8 Å². The average molecular weight is 333 g/mol. The molecule has 0 fully saturated rings. The molecule has 0 spiro atoms. The standard InChI is InChI=1S/C11H11NO7S2/c1-5-9(21(17,18)19)3-6-2-7(20(14,15)16)4-8(12)10(6)11(5)13/h2-4,13H,12H2,1H3,(H,14,15,16)(H,17,18,19). The van der Waals surface area contributed by atoms with Crippen LogP contribution in [0.2, 0.25) is 0 Å². The number of anilines is 1. The van der Waals surface area contributed by atoms with Gasteiger partial charge in [-0.15, -0.1) is 0 Å². The van der Waals surface area contributed by atoms with Crippen molar-refractivity contribution in [1.82, 2.24) is 0 Å². The van der Waals surface area contributed by atoms with Gasteiger partial charge in [0.05, 0.1) is 4.90 Å². The molecule has 0 amide bonds. The van der Waals surface area contributed by atoms with E-state index in [1.807, 2.05) is 0 Å². The fourth-order valence-corrected chi connectivity index (χ4v) is 3.33. The summed E-state index contributed by atoms with van der Waals surface area (Å²) in [5.41, 5.74) is 5.34. The normalized spacial score (nSPS) is 12.7. The van der Waals surface area contributed by atoms with Crippen molar-refractivity contribution in [2.24, 2.45) is 0 Å². The average Bonchev–Trinajstić information content (AvgIpc) is 2.30. The molecule has 0 saturated heterocycles. The fraction of sp³-hybridized carbons (Fsp3) is 0.0909. The van der Waals surface area contributed by atoms with Crippen LogP contribution in [-0.2, 0) is 20.2 Å². The molecule has 8 nitrogen and oxygen atoms in total. The van der Waals surface area contributed by atoms with Gasteiger partial charge in [-0.2, -0.15) is 16.8 Å². The second kappa shape index (κ2) is 4.56. The molecule has 5 N–H and O–H groups in total. The first-order valence-electron chi connectivity index (χ1n) is 5.43. The third kappa shape index (κ3) is 2.65. The second-order valence-corrected chi connectivity index (χ2v) is 7.22. The van der Waals surface area contributed by atoms with Gasteiger partial charge < -0.3 is 10.8 Å². The molecule has 0 bridgehead atoms. The van der Waals surface area contributed by atoms with Crippen LogP contribution in [0.3, 0.4) is 0 Å². The van der Waals surface area contributed by atoms with Crippen LogP contribution < -0.4 is 5.73 Å². The van der Waals surface area contributed by atoms with Gasteiger partial charge in [-0.3, -0.25) is 9.11 Å². The first-order chi connectivity index (χ1) is 9.43. The molecular formula is C11H11NO7S2. The number of fused-ring (bicyclic) bond motifs is 1. The molecule has 0 heterocycles. The number of phenolic OH excluding ortho intramolecular Hbond substituents is 1. The summed E-state index contributed by atoms with van der Waals surface area (Å²) in [6.45, 7) is 1.26. The maximum absolute atomic E-state index is 11.3. The summed E-state index contributed by atoms with van der Waals surface area (Å²) in [7, 11) is -9.18. The van der Waals surface area contributed by atoms with Crippen molar-refractivity contribution in [1.29, 1.82) is 0 Å². The number of aromatic hydroxyl groups is 1. The SMILES string of the molecule is Cc1c(S(=O)(=O)O)cc2cc(S(=O)(=O)O)cc(N)c2c1O. The molecule has 0 atom stereocenters. The minimum atomic E-state index is -4.62. The topological polar surface area (TPSA) is 155 Å². The van der Waals surface area contributed by atoms with Crippen LogP contribution >= 0.6 is 0 Å². The van der Waals surface area contributed by atoms with Crippen LogP contribution in [0.5, 0.6) is 5.75 Å². The second-order valence-electron chi connectivity index (χ2n) is 4.41. The van der Waals surface area contributed by atoms with Crippen molar-refractivity contribution in [2.45, 2.75) is 16.7 Å². The number of hydrogen-bond acceptors (Lipinski definition) is 6. The van der Waals surface area contributed by atoms with Gasteiger partial charge in [-0.25, -0.2) is 0 Å². The Morgan fingerprint density at radius 1 is 1.00 bits per heavy atom. The van der Waals surface area contributed by atoms with Crippen LogP contribution in [0.15, 0.2) is 28.0 Å². The summed E-state index contributed by atoms with van der Waals surface area (Å²) in [5.74, 6) is -0.500. The summed E-state index contributed by atoms with van der Waals surface area (Å²) in [6, 6.07) is 2.84. The van der Waals surface area contributed by atoms with E-state index in [0.29, 0.717) is 0 Å². The zero-order chi connectivity index (χ0) is 16.2. The molecule has 0 saturated carbocycles. The lowest BCUT2D eigenvalue weighted by Crippen LogP contribution is -2.04. The molecular weight excluding hydrogens is 322 g/mol. The van der Waals surface area contributed by atoms with E-state index in [-0.39, 0.29) is 22.0 Å². The van der Waals surface area contributed by atoms with Gasteiger partial charge in [0, 0.05) is 16.6 Å². The van der Waals surface area contributed by atoms with Crippen molar-refractivity contribution in [3.63, 3.8) is 0 Å². The van der Waals surface area contributed by atoms with Crippen LogP contribution in [0, 0.1) is 6.92 Å². The highest BCUT2D eigenvalue weighted by Gasteiger charge is 2.21. The third-order valence-corrected chi connectivity index (χ3v) is 4.81. The van der Waals surface area contributed by atoms with Gasteiger partial charge in [0.15, 0.2) is 0 Å². The first-order valence-corrected chi connectivity index (χ1v) is 8.31. The monoisotopic (exact) mass is 333 g/mol. The van der Waals surface area contributed by atoms with E-state index in [2.05, 4.69) is 0 Å². The zero-order valence-corrected chi connectivity index (χ0v) is 12.2. The maximum atomic E-state index is 11.3. The number of benzene rings is 2. The van der Waals surface area contributed by atoms with E-state index in [9.17, 15) is 21.9 Å². The van der Waals surface area contributed by atoms with Gasteiger partial charge in [-0.05, 0) is 30.5 Å². The first kappa shape index (κ1) is 15.5. The molecule has 0 radical (unpaired) electrons. The van der Waals surface area contributed by atoms with E-state index < -0.39 is 35.8 Å². The highest BCUT2D eigenvalue weighted by molar-refractivity contribution is 7.86. The lowest BCUT2D eigenvalue weighted by molar-refractivity contribution is 0.466. The summed E-state index contributed by atoms with van der Waals surface area (Å²) in [5, 5.41) is 9.97. The highest BCUT2D eigenvalue weighted by Crippen LogP contribution is 2.38. The van der Waals surface area contributed by atoms with Gasteiger partial charge in [0.1, 0.15) is 10.6 Å². The Morgan fingerprint density at radius 3 is 2.05 bits per heavy atom. The number of nitrogen functional groups attached to an aromatic ring is 1. The quantitative estimate of drug-likeness (QED) is 0.467. The largest absolute Gasteiger partial charge is 0.507 e. The highest BCUT2D eigenvalue weighted by atomic mass is 32.2. The smallest absolute Gasteiger partial charge is 0.294 e. The van der Waals surface area contributed by atoms with Gasteiger partial charge in [0.2, 0.25) is 0 Å². The Hall–Kier alpha value is -1.88. The zero-order valence-electron chi connectivity index (χ0n) is 10.6. The van der Waals surface area contributed by atoms with E-state index in [4.69, 9.17) is 14.8 Å². The Balaban J connectivity index is 3.03. The van der Waals surface area contributed by atoms with Crippen molar-refractivity contribution in [3.8, 4) is 5.75 Å². The van der Waals surface area contributed by atoms with E-state index in [1.165, 1.54) is 6.92 Å². The van der Waals surface area contributed by atoms with E-state index in [1.54, 1.807) is 0 Å². The molecule has 0 aromatic heterocycles. The molecule has 114 valence electrons. The summed E-state index contributed by atoms with van der Waals surface area (Å²) < 4.78 is 62.9. The molecule has 21 heavy (non-hydrogen) atoms. The summed E-state index contributed by atoms with van der Waals surface area (Å²) in [6.07, 6.45) is 0. The molecule has 0 aliphatic rings.